The van der Waals surface area contributed by atoms with Gasteiger partial charge in [-0.15, -0.1) is 0 Å². The molecule has 0 aliphatic carbocycles. The van der Waals surface area contributed by atoms with E-state index < -0.39 is 10.8 Å². The highest BCUT2D eigenvalue weighted by Crippen LogP contribution is 2.15. The van der Waals surface area contributed by atoms with E-state index in [0.717, 1.165) is 11.3 Å². The van der Waals surface area contributed by atoms with E-state index in [1.807, 2.05) is 31.2 Å². The molecule has 88 valence electrons. The van der Waals surface area contributed by atoms with Crippen LogP contribution in [-0.2, 0) is 10.8 Å². The maximum atomic E-state index is 11.1. The Bertz CT molecular complexity index is 407. The predicted molar refractivity (Wildman–Crippen MR) is 74.3 cm³/mol. The van der Waals surface area contributed by atoms with Crippen molar-refractivity contribution in [2.45, 2.75) is 13.0 Å². The second kappa shape index (κ2) is 5.96. The third kappa shape index (κ3) is 3.90. The number of para-hydroxylation sites is 1. The highest BCUT2D eigenvalue weighted by Gasteiger charge is 2.08. The topological polar surface area (TPSA) is 55.1 Å². The lowest BCUT2D eigenvalue weighted by molar-refractivity contribution is 0.683. The molecular weight excluding hydrogens is 240 g/mol. The molecule has 2 atom stereocenters. The molecule has 3 N–H and O–H groups in total. The van der Waals surface area contributed by atoms with Crippen LogP contribution in [0.25, 0.3) is 0 Å². The van der Waals surface area contributed by atoms with Crippen LogP contribution in [0.3, 0.4) is 0 Å². The van der Waals surface area contributed by atoms with Crippen LogP contribution in [0.4, 0.5) is 5.69 Å². The van der Waals surface area contributed by atoms with Crippen molar-refractivity contribution in [3.63, 3.8) is 0 Å². The molecule has 0 fully saturated rings. The zero-order chi connectivity index (χ0) is 12.1. The van der Waals surface area contributed by atoms with Crippen LogP contribution in [0.2, 0.25) is 0 Å². The van der Waals surface area contributed by atoms with Crippen molar-refractivity contribution < 1.29 is 4.21 Å². The summed E-state index contributed by atoms with van der Waals surface area (Å²) in [5.41, 5.74) is 7.34. The molecule has 0 heterocycles. The Morgan fingerprint density at radius 2 is 2.19 bits per heavy atom. The zero-order valence-electron chi connectivity index (χ0n) is 9.40. The number of nitrogens with one attached hydrogen (secondary N) is 1. The second-order valence-corrected chi connectivity index (χ2v) is 5.61. The Kier molecular flexibility index (Phi) is 4.89. The lowest BCUT2D eigenvalue weighted by atomic mass is 10.1. The van der Waals surface area contributed by atoms with Crippen molar-refractivity contribution in [1.29, 1.82) is 0 Å². The van der Waals surface area contributed by atoms with Gasteiger partial charge in [0.2, 0.25) is 0 Å². The molecule has 0 aromatic heterocycles. The Hall–Kier alpha value is -0.940. The highest BCUT2D eigenvalue weighted by atomic mass is 32.2. The van der Waals surface area contributed by atoms with Crippen LogP contribution in [0.15, 0.2) is 24.3 Å². The number of hydrogen-bond donors (Lipinski definition) is 2. The molecule has 0 saturated carbocycles. The van der Waals surface area contributed by atoms with Gasteiger partial charge < -0.3 is 11.1 Å². The van der Waals surface area contributed by atoms with Crippen LogP contribution in [0.1, 0.15) is 12.5 Å². The fourth-order valence-electron chi connectivity index (χ4n) is 1.48. The zero-order valence-corrected chi connectivity index (χ0v) is 11.0. The van der Waals surface area contributed by atoms with E-state index in [0.29, 0.717) is 10.7 Å². The molecule has 0 radical (unpaired) electrons. The van der Waals surface area contributed by atoms with Crippen molar-refractivity contribution >= 4 is 33.7 Å². The van der Waals surface area contributed by atoms with Crippen molar-refractivity contribution in [3.8, 4) is 0 Å². The van der Waals surface area contributed by atoms with Crippen LogP contribution in [0.5, 0.6) is 0 Å². The Balaban J connectivity index is 2.80. The Morgan fingerprint density at radius 3 is 2.75 bits per heavy atom. The minimum absolute atomic E-state index is 0.126. The molecule has 0 saturated heterocycles. The molecule has 3 nitrogen and oxygen atoms in total. The average Bonchev–Trinajstić information content (AvgIpc) is 2.16. The van der Waals surface area contributed by atoms with E-state index in [1.165, 1.54) is 0 Å². The molecule has 0 amide bonds. The van der Waals surface area contributed by atoms with E-state index in [-0.39, 0.29) is 6.04 Å². The standard InChI is InChI=1S/C11H16N2OS2/c1-8(7-16(2)14)13-10-6-4-3-5-9(10)11(12)15/h3-6,8,13H,7H2,1-2H3,(H2,12,15). The average molecular weight is 256 g/mol. The molecule has 1 rings (SSSR count). The van der Waals surface area contributed by atoms with E-state index in [9.17, 15) is 4.21 Å². The van der Waals surface area contributed by atoms with Gasteiger partial charge in [-0.3, -0.25) is 4.21 Å². The fraction of sp³-hybridized carbons (Fsp3) is 0.364. The summed E-state index contributed by atoms with van der Waals surface area (Å²) in [4.78, 5) is 0.368. The molecule has 1 aromatic rings. The minimum atomic E-state index is -0.813. The molecular formula is C11H16N2OS2. The maximum Gasteiger partial charge on any atom is 0.106 e. The van der Waals surface area contributed by atoms with E-state index in [1.54, 1.807) is 6.26 Å². The summed E-state index contributed by atoms with van der Waals surface area (Å²) < 4.78 is 11.1. The summed E-state index contributed by atoms with van der Waals surface area (Å²) in [5.74, 6) is 0.603. The first-order valence-electron chi connectivity index (χ1n) is 4.96. The monoisotopic (exact) mass is 256 g/mol. The third-order valence-corrected chi connectivity index (χ3v) is 3.27. The second-order valence-electron chi connectivity index (χ2n) is 3.70. The van der Waals surface area contributed by atoms with Gasteiger partial charge in [0.05, 0.1) is 0 Å². The molecule has 0 aliphatic rings. The van der Waals surface area contributed by atoms with Gasteiger partial charge in [0.1, 0.15) is 4.99 Å². The van der Waals surface area contributed by atoms with Crippen LogP contribution >= 0.6 is 12.2 Å². The van der Waals surface area contributed by atoms with Crippen LogP contribution in [-0.4, -0.2) is 27.2 Å². The van der Waals surface area contributed by atoms with Gasteiger partial charge in [-0.25, -0.2) is 0 Å². The number of benzene rings is 1. The van der Waals surface area contributed by atoms with Gasteiger partial charge in [-0.2, -0.15) is 0 Å². The number of nitrogens with two attached hydrogens (primary N) is 1. The summed E-state index contributed by atoms with van der Waals surface area (Å²) in [7, 11) is -0.813. The first-order chi connectivity index (χ1) is 7.50. The van der Waals surface area contributed by atoms with Crippen molar-refractivity contribution in [1.82, 2.24) is 0 Å². The third-order valence-electron chi connectivity index (χ3n) is 2.08. The summed E-state index contributed by atoms with van der Waals surface area (Å²) in [6, 6.07) is 7.73. The molecule has 0 aliphatic heterocycles. The molecule has 16 heavy (non-hydrogen) atoms. The Morgan fingerprint density at radius 1 is 1.56 bits per heavy atom. The molecule has 0 bridgehead atoms. The summed E-state index contributed by atoms with van der Waals surface area (Å²) >= 11 is 4.97. The van der Waals surface area contributed by atoms with E-state index in [4.69, 9.17) is 18.0 Å². The van der Waals surface area contributed by atoms with E-state index in [2.05, 4.69) is 5.32 Å². The number of thiocarbonyl (C=S) groups is 1. The van der Waals surface area contributed by atoms with Crippen LogP contribution in [0, 0.1) is 0 Å². The van der Waals surface area contributed by atoms with Gasteiger partial charge in [0.15, 0.2) is 0 Å². The maximum absolute atomic E-state index is 11.1. The lowest BCUT2D eigenvalue weighted by Gasteiger charge is -2.16. The molecule has 5 heteroatoms. The first-order valence-corrected chi connectivity index (χ1v) is 7.09. The quantitative estimate of drug-likeness (QED) is 0.784. The number of hydrogen-bond acceptors (Lipinski definition) is 3. The normalized spacial score (nSPS) is 14.1. The van der Waals surface area contributed by atoms with Crippen molar-refractivity contribution in [3.05, 3.63) is 29.8 Å². The molecule has 2 unspecified atom stereocenters. The van der Waals surface area contributed by atoms with E-state index >= 15 is 0 Å². The largest absolute Gasteiger partial charge is 0.389 e. The summed E-state index contributed by atoms with van der Waals surface area (Å²) in [5, 5.41) is 3.26. The van der Waals surface area contributed by atoms with Gasteiger partial charge >= 0.3 is 0 Å². The first kappa shape index (κ1) is 13.1. The Labute approximate surface area is 104 Å². The van der Waals surface area contributed by atoms with Crippen molar-refractivity contribution in [2.75, 3.05) is 17.3 Å². The summed E-state index contributed by atoms with van der Waals surface area (Å²) in [6.45, 7) is 1.98. The minimum Gasteiger partial charge on any atom is -0.389 e. The smallest absolute Gasteiger partial charge is 0.106 e. The summed E-state index contributed by atoms with van der Waals surface area (Å²) in [6.07, 6.45) is 1.69. The van der Waals surface area contributed by atoms with Crippen molar-refractivity contribution in [2.24, 2.45) is 5.73 Å². The van der Waals surface area contributed by atoms with Gasteiger partial charge in [-0.1, -0.05) is 24.4 Å². The predicted octanol–water partition coefficient (Wildman–Crippen LogP) is 1.50. The van der Waals surface area contributed by atoms with Gasteiger partial charge in [-0.05, 0) is 19.1 Å². The lowest BCUT2D eigenvalue weighted by Crippen LogP contribution is -2.24. The molecule has 1 aromatic carbocycles. The molecule has 0 spiro atoms. The fourth-order valence-corrected chi connectivity index (χ4v) is 2.45. The highest BCUT2D eigenvalue weighted by molar-refractivity contribution is 7.84. The number of rotatable bonds is 5. The SMILES string of the molecule is CC(CS(C)=O)Nc1ccccc1C(N)=S. The van der Waals surface area contributed by atoms with Crippen LogP contribution < -0.4 is 11.1 Å². The van der Waals surface area contributed by atoms with Gasteiger partial charge in [0, 0.05) is 40.1 Å². The van der Waals surface area contributed by atoms with Gasteiger partial charge in [0.25, 0.3) is 0 Å². The number of anilines is 1.